The molecule has 0 spiro atoms. The molecule has 2 N–H and O–H groups in total. The summed E-state index contributed by atoms with van der Waals surface area (Å²) in [7, 11) is 1.82. The largest absolute Gasteiger partial charge is 0.344 e. The molecular formula is C16H26N2O. The first-order chi connectivity index (χ1) is 8.62. The van der Waals surface area contributed by atoms with E-state index in [0.29, 0.717) is 6.54 Å². The fraction of sp³-hybridized carbons (Fsp3) is 0.562. The minimum Gasteiger partial charge on any atom is -0.344 e. The van der Waals surface area contributed by atoms with Crippen LogP contribution in [0.5, 0.6) is 0 Å². The summed E-state index contributed by atoms with van der Waals surface area (Å²) in [4.78, 5) is 13.7. The molecule has 0 radical (unpaired) electrons. The first-order valence-electron chi connectivity index (χ1n) is 6.74. The first-order valence-corrected chi connectivity index (χ1v) is 6.74. The molecule has 106 valence electrons. The average Bonchev–Trinajstić information content (AvgIpc) is 2.24. The predicted octanol–water partition coefficient (Wildman–Crippen LogP) is 2.35. The van der Waals surface area contributed by atoms with Gasteiger partial charge in [-0.05, 0) is 57.7 Å². The molecule has 0 heterocycles. The lowest BCUT2D eigenvalue weighted by atomic mass is 9.97. The van der Waals surface area contributed by atoms with Crippen molar-refractivity contribution in [1.82, 2.24) is 4.90 Å². The number of benzene rings is 1. The SMILES string of the molecule is Cc1cc(C)c(CCN(C)C(=O)C(C)(C)N)c(C)c1. The molecule has 0 aliphatic rings. The Morgan fingerprint density at radius 3 is 2.11 bits per heavy atom. The number of aryl methyl sites for hydroxylation is 3. The number of carbonyl (C=O) groups excluding carboxylic acids is 1. The van der Waals surface area contributed by atoms with Gasteiger partial charge in [0.2, 0.25) is 5.91 Å². The van der Waals surface area contributed by atoms with Crippen LogP contribution in [0, 0.1) is 20.8 Å². The molecule has 0 unspecified atom stereocenters. The van der Waals surface area contributed by atoms with E-state index in [4.69, 9.17) is 5.73 Å². The molecule has 1 aromatic carbocycles. The molecule has 1 amide bonds. The van der Waals surface area contributed by atoms with E-state index in [2.05, 4.69) is 32.9 Å². The summed E-state index contributed by atoms with van der Waals surface area (Å²) in [5.74, 6) is -0.0186. The highest BCUT2D eigenvalue weighted by molar-refractivity contribution is 5.84. The molecule has 0 saturated carbocycles. The number of likely N-dealkylation sites (N-methyl/N-ethyl adjacent to an activating group) is 1. The summed E-state index contributed by atoms with van der Waals surface area (Å²) in [6, 6.07) is 4.38. The quantitative estimate of drug-likeness (QED) is 0.905. The van der Waals surface area contributed by atoms with Crippen LogP contribution in [-0.4, -0.2) is 29.9 Å². The Labute approximate surface area is 116 Å². The van der Waals surface area contributed by atoms with E-state index in [1.165, 1.54) is 22.3 Å². The summed E-state index contributed by atoms with van der Waals surface area (Å²) < 4.78 is 0. The first kappa shape index (κ1) is 15.7. The Morgan fingerprint density at radius 1 is 1.21 bits per heavy atom. The van der Waals surface area contributed by atoms with Crippen molar-refractivity contribution in [2.45, 2.75) is 46.6 Å². The minimum absolute atomic E-state index is 0.0186. The zero-order chi connectivity index (χ0) is 14.8. The second kappa shape index (κ2) is 5.74. The molecule has 3 heteroatoms. The van der Waals surface area contributed by atoms with Gasteiger partial charge < -0.3 is 10.6 Å². The summed E-state index contributed by atoms with van der Waals surface area (Å²) in [5, 5.41) is 0. The van der Waals surface area contributed by atoms with Crippen molar-refractivity contribution in [1.29, 1.82) is 0 Å². The molecule has 1 aromatic rings. The Hall–Kier alpha value is -1.35. The van der Waals surface area contributed by atoms with Crippen LogP contribution < -0.4 is 5.73 Å². The normalized spacial score (nSPS) is 11.5. The number of hydrogen-bond acceptors (Lipinski definition) is 2. The number of nitrogens with two attached hydrogens (primary N) is 1. The van der Waals surface area contributed by atoms with Crippen molar-refractivity contribution in [3.8, 4) is 0 Å². The number of hydrogen-bond donors (Lipinski definition) is 1. The van der Waals surface area contributed by atoms with Gasteiger partial charge in [-0.15, -0.1) is 0 Å². The minimum atomic E-state index is -0.799. The average molecular weight is 262 g/mol. The second-order valence-corrected chi connectivity index (χ2v) is 6.08. The molecule has 0 saturated heterocycles. The predicted molar refractivity (Wildman–Crippen MR) is 80.3 cm³/mol. The second-order valence-electron chi connectivity index (χ2n) is 6.08. The number of nitrogens with zero attached hydrogens (tertiary/aromatic N) is 1. The smallest absolute Gasteiger partial charge is 0.241 e. The van der Waals surface area contributed by atoms with E-state index in [-0.39, 0.29) is 5.91 Å². The zero-order valence-electron chi connectivity index (χ0n) is 13.0. The lowest BCUT2D eigenvalue weighted by molar-refractivity contribution is -0.134. The van der Waals surface area contributed by atoms with Gasteiger partial charge in [-0.25, -0.2) is 0 Å². The highest BCUT2D eigenvalue weighted by Crippen LogP contribution is 2.17. The molecule has 1 rings (SSSR count). The van der Waals surface area contributed by atoms with Crippen molar-refractivity contribution in [3.05, 3.63) is 34.4 Å². The van der Waals surface area contributed by atoms with Crippen LogP contribution in [0.4, 0.5) is 0 Å². The lowest BCUT2D eigenvalue weighted by Gasteiger charge is -2.26. The van der Waals surface area contributed by atoms with Crippen LogP contribution in [0.3, 0.4) is 0 Å². The van der Waals surface area contributed by atoms with E-state index in [9.17, 15) is 4.79 Å². The van der Waals surface area contributed by atoms with Gasteiger partial charge in [-0.1, -0.05) is 17.7 Å². The third-order valence-electron chi connectivity index (χ3n) is 3.44. The van der Waals surface area contributed by atoms with Crippen LogP contribution in [0.1, 0.15) is 36.1 Å². The van der Waals surface area contributed by atoms with Gasteiger partial charge in [-0.3, -0.25) is 4.79 Å². The van der Waals surface area contributed by atoms with E-state index in [0.717, 1.165) is 6.42 Å². The van der Waals surface area contributed by atoms with Gasteiger partial charge in [0.05, 0.1) is 5.54 Å². The summed E-state index contributed by atoms with van der Waals surface area (Å²) in [6.07, 6.45) is 0.871. The maximum atomic E-state index is 12.0. The third-order valence-corrected chi connectivity index (χ3v) is 3.44. The Balaban J connectivity index is 2.76. The topological polar surface area (TPSA) is 46.3 Å². The van der Waals surface area contributed by atoms with Crippen molar-refractivity contribution < 1.29 is 4.79 Å². The molecule has 0 fully saturated rings. The molecule has 0 aliphatic heterocycles. The van der Waals surface area contributed by atoms with Gasteiger partial charge in [0.25, 0.3) is 0 Å². The maximum Gasteiger partial charge on any atom is 0.241 e. The number of rotatable bonds is 4. The van der Waals surface area contributed by atoms with Gasteiger partial charge in [0.1, 0.15) is 0 Å². The number of carbonyl (C=O) groups is 1. The molecule has 19 heavy (non-hydrogen) atoms. The van der Waals surface area contributed by atoms with E-state index in [1.807, 2.05) is 7.05 Å². The van der Waals surface area contributed by atoms with E-state index < -0.39 is 5.54 Å². The van der Waals surface area contributed by atoms with Crippen molar-refractivity contribution >= 4 is 5.91 Å². The van der Waals surface area contributed by atoms with Crippen LogP contribution in [-0.2, 0) is 11.2 Å². The van der Waals surface area contributed by atoms with Gasteiger partial charge >= 0.3 is 0 Å². The van der Waals surface area contributed by atoms with E-state index in [1.54, 1.807) is 18.7 Å². The summed E-state index contributed by atoms with van der Waals surface area (Å²) in [5.41, 5.74) is 10.2. The Bertz CT molecular complexity index is 449. The van der Waals surface area contributed by atoms with Crippen molar-refractivity contribution in [3.63, 3.8) is 0 Å². The molecule has 3 nitrogen and oxygen atoms in total. The van der Waals surface area contributed by atoms with Gasteiger partial charge in [0.15, 0.2) is 0 Å². The standard InChI is InChI=1S/C16H26N2O/c1-11-9-12(2)14(13(3)10-11)7-8-18(6)15(19)16(4,5)17/h9-10H,7-8,17H2,1-6H3. The molecule has 0 aliphatic carbocycles. The maximum absolute atomic E-state index is 12.0. The fourth-order valence-corrected chi connectivity index (χ4v) is 2.48. The third kappa shape index (κ3) is 4.06. The molecule has 0 aromatic heterocycles. The fourth-order valence-electron chi connectivity index (χ4n) is 2.48. The van der Waals surface area contributed by atoms with Gasteiger partial charge in [-0.2, -0.15) is 0 Å². The summed E-state index contributed by atoms with van der Waals surface area (Å²) >= 11 is 0. The molecule has 0 atom stereocenters. The number of amides is 1. The summed E-state index contributed by atoms with van der Waals surface area (Å²) in [6.45, 7) is 10.6. The molecular weight excluding hydrogens is 236 g/mol. The van der Waals surface area contributed by atoms with Crippen molar-refractivity contribution in [2.24, 2.45) is 5.73 Å². The van der Waals surface area contributed by atoms with E-state index >= 15 is 0 Å². The van der Waals surface area contributed by atoms with Crippen molar-refractivity contribution in [2.75, 3.05) is 13.6 Å². The zero-order valence-corrected chi connectivity index (χ0v) is 13.0. The molecule has 0 bridgehead atoms. The monoisotopic (exact) mass is 262 g/mol. The van der Waals surface area contributed by atoms with Crippen LogP contribution >= 0.6 is 0 Å². The Kier molecular flexibility index (Phi) is 4.75. The van der Waals surface area contributed by atoms with Gasteiger partial charge in [0, 0.05) is 13.6 Å². The van der Waals surface area contributed by atoms with Crippen LogP contribution in [0.2, 0.25) is 0 Å². The lowest BCUT2D eigenvalue weighted by Crippen LogP contribution is -2.50. The van der Waals surface area contributed by atoms with Crippen LogP contribution in [0.15, 0.2) is 12.1 Å². The highest BCUT2D eigenvalue weighted by atomic mass is 16.2. The highest BCUT2D eigenvalue weighted by Gasteiger charge is 2.25. The Morgan fingerprint density at radius 2 is 1.68 bits per heavy atom. The van der Waals surface area contributed by atoms with Crippen LogP contribution in [0.25, 0.3) is 0 Å².